The molecule has 0 atom stereocenters. The summed E-state index contributed by atoms with van der Waals surface area (Å²) in [4.78, 5) is 31.8. The number of pyridine rings is 1. The molecule has 3 N–H and O–H groups in total. The lowest BCUT2D eigenvalue weighted by atomic mass is 10.2. The van der Waals surface area contributed by atoms with Gasteiger partial charge in [-0.3, -0.25) is 14.9 Å². The van der Waals surface area contributed by atoms with Crippen LogP contribution in [0.15, 0.2) is 36.8 Å². The fourth-order valence-electron chi connectivity index (χ4n) is 1.95. The highest BCUT2D eigenvalue weighted by Gasteiger charge is 2.17. The Morgan fingerprint density at radius 3 is 2.74 bits per heavy atom. The number of thiazole rings is 1. The molecule has 9 heteroatoms. The Kier molecular flexibility index (Phi) is 3.85. The number of nitrogens with one attached hydrogen (secondary N) is 1. The van der Waals surface area contributed by atoms with Gasteiger partial charge in [-0.05, 0) is 19.1 Å². The van der Waals surface area contributed by atoms with E-state index in [-0.39, 0.29) is 10.8 Å². The molecule has 3 aromatic heterocycles. The number of nitrogens with two attached hydrogens (primary N) is 1. The van der Waals surface area contributed by atoms with E-state index >= 15 is 0 Å². The second-order valence-electron chi connectivity index (χ2n) is 4.59. The Bertz CT molecular complexity index is 871. The van der Waals surface area contributed by atoms with Crippen LogP contribution < -0.4 is 11.1 Å². The Morgan fingerprint density at radius 2 is 2.09 bits per heavy atom. The van der Waals surface area contributed by atoms with E-state index in [1.165, 1.54) is 12.4 Å². The predicted molar refractivity (Wildman–Crippen MR) is 84.7 cm³/mol. The molecule has 0 radical (unpaired) electrons. The number of primary amides is 1. The molecule has 0 spiro atoms. The van der Waals surface area contributed by atoms with Gasteiger partial charge in [-0.1, -0.05) is 17.4 Å². The van der Waals surface area contributed by atoms with Crippen molar-refractivity contribution in [3.8, 4) is 5.82 Å². The number of aromatic nitrogens is 4. The normalized spacial score (nSPS) is 10.5. The zero-order valence-electron chi connectivity index (χ0n) is 12.1. The summed E-state index contributed by atoms with van der Waals surface area (Å²) in [6.07, 6.45) is 4.44. The lowest BCUT2D eigenvalue weighted by molar-refractivity contribution is 0.100. The molecule has 0 aliphatic heterocycles. The van der Waals surface area contributed by atoms with Crippen molar-refractivity contribution in [3.05, 3.63) is 52.9 Å². The number of carbonyl (C=O) groups is 2. The van der Waals surface area contributed by atoms with Crippen LogP contribution in [0.3, 0.4) is 0 Å². The second kappa shape index (κ2) is 5.97. The molecule has 3 aromatic rings. The first-order valence-electron chi connectivity index (χ1n) is 6.59. The Balaban J connectivity index is 1.83. The molecular weight excluding hydrogens is 316 g/mol. The van der Waals surface area contributed by atoms with Crippen LogP contribution in [0.1, 0.15) is 25.7 Å². The first-order valence-corrected chi connectivity index (χ1v) is 7.41. The number of hydrogen-bond donors (Lipinski definition) is 2. The number of nitrogens with zero attached hydrogens (tertiary/aromatic N) is 4. The van der Waals surface area contributed by atoms with Gasteiger partial charge in [0.05, 0.1) is 23.7 Å². The standard InChI is InChI=1S/C14H12N6O2S/c1-8-9(6-18-20(8)11-4-2-3-5-16-11)13(22)19-14-17-7-10(23-14)12(15)21/h2-7H,1H3,(H2,15,21)(H,17,19,22). The average molecular weight is 328 g/mol. The molecule has 0 unspecified atom stereocenters. The summed E-state index contributed by atoms with van der Waals surface area (Å²) in [6, 6.07) is 5.43. The fourth-order valence-corrected chi connectivity index (χ4v) is 2.62. The van der Waals surface area contributed by atoms with Crippen LogP contribution in [0.5, 0.6) is 0 Å². The first kappa shape index (κ1) is 14.9. The van der Waals surface area contributed by atoms with Crippen molar-refractivity contribution in [2.24, 2.45) is 5.73 Å². The largest absolute Gasteiger partial charge is 0.365 e. The molecule has 0 saturated carbocycles. The van der Waals surface area contributed by atoms with Crippen LogP contribution in [0.2, 0.25) is 0 Å². The van der Waals surface area contributed by atoms with Gasteiger partial charge < -0.3 is 5.73 Å². The molecule has 0 aliphatic rings. The smallest absolute Gasteiger partial charge is 0.260 e. The minimum atomic E-state index is -0.581. The minimum Gasteiger partial charge on any atom is -0.365 e. The van der Waals surface area contributed by atoms with Crippen LogP contribution in [-0.2, 0) is 0 Å². The molecule has 2 amide bonds. The molecular formula is C14H12N6O2S. The van der Waals surface area contributed by atoms with Crippen LogP contribution >= 0.6 is 11.3 Å². The number of hydrogen-bond acceptors (Lipinski definition) is 6. The SMILES string of the molecule is Cc1c(C(=O)Nc2ncc(C(N)=O)s2)cnn1-c1ccccn1. The van der Waals surface area contributed by atoms with E-state index in [1.54, 1.807) is 29.9 Å². The second-order valence-corrected chi connectivity index (χ2v) is 5.62. The number of rotatable bonds is 4. The third-order valence-corrected chi connectivity index (χ3v) is 4.02. The molecule has 0 aliphatic carbocycles. The summed E-state index contributed by atoms with van der Waals surface area (Å²) in [5.41, 5.74) is 6.20. The van der Waals surface area contributed by atoms with E-state index in [0.29, 0.717) is 22.2 Å². The zero-order chi connectivity index (χ0) is 16.4. The first-order chi connectivity index (χ1) is 11.1. The number of carbonyl (C=O) groups excluding carboxylic acids is 2. The van der Waals surface area contributed by atoms with Gasteiger partial charge in [-0.25, -0.2) is 14.6 Å². The summed E-state index contributed by atoms with van der Waals surface area (Å²) in [5, 5.41) is 7.11. The minimum absolute atomic E-state index is 0.279. The van der Waals surface area contributed by atoms with E-state index in [0.717, 1.165) is 11.3 Å². The van der Waals surface area contributed by atoms with E-state index in [9.17, 15) is 9.59 Å². The average Bonchev–Trinajstić information content (AvgIpc) is 3.15. The zero-order valence-corrected chi connectivity index (χ0v) is 12.9. The molecule has 23 heavy (non-hydrogen) atoms. The van der Waals surface area contributed by atoms with Gasteiger partial charge in [-0.2, -0.15) is 5.10 Å². The van der Waals surface area contributed by atoms with Crippen LogP contribution in [-0.4, -0.2) is 31.6 Å². The highest BCUT2D eigenvalue weighted by molar-refractivity contribution is 7.17. The van der Waals surface area contributed by atoms with Crippen LogP contribution in [0.4, 0.5) is 5.13 Å². The van der Waals surface area contributed by atoms with Crippen molar-refractivity contribution in [2.75, 3.05) is 5.32 Å². The van der Waals surface area contributed by atoms with Gasteiger partial charge >= 0.3 is 0 Å². The molecule has 0 bridgehead atoms. The van der Waals surface area contributed by atoms with E-state index < -0.39 is 5.91 Å². The van der Waals surface area contributed by atoms with Gasteiger partial charge in [0.15, 0.2) is 10.9 Å². The van der Waals surface area contributed by atoms with Crippen molar-refractivity contribution >= 4 is 28.3 Å². The summed E-state index contributed by atoms with van der Waals surface area (Å²) in [5.74, 6) is -0.327. The Morgan fingerprint density at radius 1 is 1.26 bits per heavy atom. The summed E-state index contributed by atoms with van der Waals surface area (Å²) < 4.78 is 1.58. The van der Waals surface area contributed by atoms with E-state index in [2.05, 4.69) is 20.4 Å². The summed E-state index contributed by atoms with van der Waals surface area (Å²) in [7, 11) is 0. The fraction of sp³-hybridized carbons (Fsp3) is 0.0714. The molecule has 3 heterocycles. The van der Waals surface area contributed by atoms with Gasteiger partial charge in [0, 0.05) is 6.20 Å². The highest BCUT2D eigenvalue weighted by atomic mass is 32.1. The molecule has 0 fully saturated rings. The summed E-state index contributed by atoms with van der Waals surface area (Å²) in [6.45, 7) is 1.77. The highest BCUT2D eigenvalue weighted by Crippen LogP contribution is 2.19. The molecule has 116 valence electrons. The Labute approximate surface area is 135 Å². The number of anilines is 1. The lowest BCUT2D eigenvalue weighted by Crippen LogP contribution is -2.13. The van der Waals surface area contributed by atoms with E-state index in [4.69, 9.17) is 5.73 Å². The maximum atomic E-state index is 12.3. The van der Waals surface area contributed by atoms with Crippen molar-refractivity contribution in [1.29, 1.82) is 0 Å². The summed E-state index contributed by atoms with van der Waals surface area (Å²) >= 11 is 1.02. The number of amides is 2. The van der Waals surface area contributed by atoms with Gasteiger partial charge in [0.25, 0.3) is 11.8 Å². The lowest BCUT2D eigenvalue weighted by Gasteiger charge is -2.04. The maximum Gasteiger partial charge on any atom is 0.260 e. The predicted octanol–water partition coefficient (Wildman–Crippen LogP) is 1.38. The van der Waals surface area contributed by atoms with E-state index in [1.807, 2.05) is 6.07 Å². The van der Waals surface area contributed by atoms with Gasteiger partial charge in [0.2, 0.25) is 0 Å². The quantitative estimate of drug-likeness (QED) is 0.750. The maximum absolute atomic E-state index is 12.3. The molecule has 3 rings (SSSR count). The van der Waals surface area contributed by atoms with Crippen LogP contribution in [0, 0.1) is 6.92 Å². The third kappa shape index (κ3) is 2.94. The Hall–Kier alpha value is -3.07. The van der Waals surface area contributed by atoms with Gasteiger partial charge in [-0.15, -0.1) is 0 Å². The topological polar surface area (TPSA) is 116 Å². The van der Waals surface area contributed by atoms with Crippen molar-refractivity contribution in [3.63, 3.8) is 0 Å². The van der Waals surface area contributed by atoms with Crippen molar-refractivity contribution < 1.29 is 9.59 Å². The monoisotopic (exact) mass is 328 g/mol. The van der Waals surface area contributed by atoms with Crippen LogP contribution in [0.25, 0.3) is 5.82 Å². The van der Waals surface area contributed by atoms with Crippen molar-refractivity contribution in [2.45, 2.75) is 6.92 Å². The van der Waals surface area contributed by atoms with Crippen molar-refractivity contribution in [1.82, 2.24) is 19.7 Å². The molecule has 8 nitrogen and oxygen atoms in total. The van der Waals surface area contributed by atoms with Gasteiger partial charge in [0.1, 0.15) is 4.88 Å². The molecule has 0 saturated heterocycles. The third-order valence-electron chi connectivity index (χ3n) is 3.09. The molecule has 0 aromatic carbocycles.